The summed E-state index contributed by atoms with van der Waals surface area (Å²) in [6.45, 7) is 7.66. The summed E-state index contributed by atoms with van der Waals surface area (Å²) in [6, 6.07) is 0.229. The topological polar surface area (TPSA) is 55.4 Å². The molecule has 4 heteroatoms. The van der Waals surface area contributed by atoms with E-state index in [0.29, 0.717) is 16.7 Å². The summed E-state index contributed by atoms with van der Waals surface area (Å²) < 4.78 is 4.62. The lowest BCUT2D eigenvalue weighted by Crippen LogP contribution is -2.55. The smallest absolute Gasteiger partial charge is 0.315 e. The van der Waals surface area contributed by atoms with E-state index >= 15 is 0 Å². The Morgan fingerprint density at radius 1 is 0.964 bits per heavy atom. The molecule has 8 atom stereocenters. The number of rotatable bonds is 3. The van der Waals surface area contributed by atoms with Crippen LogP contribution in [0.2, 0.25) is 0 Å². The zero-order chi connectivity index (χ0) is 20.1. The van der Waals surface area contributed by atoms with Crippen LogP contribution in [-0.4, -0.2) is 25.0 Å². The maximum atomic E-state index is 12.1. The Balaban J connectivity index is 1.42. The van der Waals surface area contributed by atoms with Gasteiger partial charge in [0.1, 0.15) is 6.42 Å². The molecule has 0 spiro atoms. The van der Waals surface area contributed by atoms with Gasteiger partial charge in [-0.2, -0.15) is 0 Å². The van der Waals surface area contributed by atoms with Gasteiger partial charge in [-0.15, -0.1) is 0 Å². The Kier molecular flexibility index (Phi) is 5.29. The molecule has 0 radical (unpaired) electrons. The number of amides is 1. The molecular formula is C24H39NO3. The van der Waals surface area contributed by atoms with Crippen molar-refractivity contribution in [3.05, 3.63) is 0 Å². The second-order valence-corrected chi connectivity index (χ2v) is 11.0. The van der Waals surface area contributed by atoms with E-state index in [1.165, 1.54) is 52.1 Å². The Bertz CT molecular complexity index is 633. The fourth-order valence-electron chi connectivity index (χ4n) is 8.13. The second-order valence-electron chi connectivity index (χ2n) is 11.0. The van der Waals surface area contributed by atoms with Crippen molar-refractivity contribution in [3.63, 3.8) is 0 Å². The second kappa shape index (κ2) is 7.32. The highest BCUT2D eigenvalue weighted by Crippen LogP contribution is 2.67. The van der Waals surface area contributed by atoms with E-state index in [9.17, 15) is 9.59 Å². The van der Waals surface area contributed by atoms with E-state index in [4.69, 9.17) is 0 Å². The molecule has 4 aliphatic rings. The number of nitrogens with one attached hydrogen (secondary N) is 1. The van der Waals surface area contributed by atoms with Crippen molar-refractivity contribution in [3.8, 4) is 0 Å². The summed E-state index contributed by atoms with van der Waals surface area (Å²) in [5.74, 6) is 3.73. The summed E-state index contributed by atoms with van der Waals surface area (Å²) in [5, 5.41) is 3.12. The van der Waals surface area contributed by atoms with Gasteiger partial charge in [-0.3, -0.25) is 9.59 Å². The van der Waals surface area contributed by atoms with Crippen molar-refractivity contribution < 1.29 is 14.3 Å². The zero-order valence-corrected chi connectivity index (χ0v) is 18.3. The molecule has 1 amide bonds. The first-order valence-corrected chi connectivity index (χ1v) is 11.6. The highest BCUT2D eigenvalue weighted by Gasteiger charge is 2.59. The van der Waals surface area contributed by atoms with Crippen LogP contribution in [0.25, 0.3) is 0 Å². The van der Waals surface area contributed by atoms with Gasteiger partial charge in [0.2, 0.25) is 5.91 Å². The fraction of sp³-hybridized carbons (Fsp3) is 0.917. The maximum Gasteiger partial charge on any atom is 0.315 e. The third-order valence-corrected chi connectivity index (χ3v) is 10.0. The molecule has 0 aromatic carbocycles. The van der Waals surface area contributed by atoms with Crippen LogP contribution < -0.4 is 5.32 Å². The molecule has 4 aliphatic carbocycles. The molecule has 0 aromatic heterocycles. The predicted octanol–water partition coefficient (Wildman–Crippen LogP) is 4.71. The van der Waals surface area contributed by atoms with Gasteiger partial charge in [0, 0.05) is 6.04 Å². The van der Waals surface area contributed by atoms with E-state index in [2.05, 4.69) is 30.8 Å². The first kappa shape index (κ1) is 20.2. The first-order valence-electron chi connectivity index (χ1n) is 11.6. The minimum absolute atomic E-state index is 0.155. The number of fused-ring (bicyclic) bond motifs is 5. The van der Waals surface area contributed by atoms with Gasteiger partial charge >= 0.3 is 5.97 Å². The first-order chi connectivity index (χ1) is 13.3. The molecule has 0 aliphatic heterocycles. The van der Waals surface area contributed by atoms with E-state index in [1.54, 1.807) is 0 Å². The van der Waals surface area contributed by atoms with Crippen LogP contribution in [-0.2, 0) is 14.3 Å². The minimum Gasteiger partial charge on any atom is -0.469 e. The number of methoxy groups -OCH3 is 1. The van der Waals surface area contributed by atoms with Crippen molar-refractivity contribution in [2.24, 2.45) is 40.4 Å². The lowest BCUT2D eigenvalue weighted by atomic mass is 9.44. The summed E-state index contributed by atoms with van der Waals surface area (Å²) in [6.07, 6.45) is 11.6. The molecule has 4 fully saturated rings. The molecule has 0 unspecified atom stereocenters. The van der Waals surface area contributed by atoms with E-state index in [0.717, 1.165) is 36.5 Å². The van der Waals surface area contributed by atoms with E-state index < -0.39 is 5.97 Å². The molecule has 0 aromatic rings. The predicted molar refractivity (Wildman–Crippen MR) is 109 cm³/mol. The lowest BCUT2D eigenvalue weighted by molar-refractivity contribution is -0.144. The highest BCUT2D eigenvalue weighted by atomic mass is 16.5. The number of carbonyl (C=O) groups is 2. The number of hydrogen-bond donors (Lipinski definition) is 1. The van der Waals surface area contributed by atoms with Gasteiger partial charge in [0.05, 0.1) is 7.11 Å². The quantitative estimate of drug-likeness (QED) is 0.562. The Morgan fingerprint density at radius 2 is 1.68 bits per heavy atom. The molecule has 0 bridgehead atoms. The maximum absolute atomic E-state index is 12.1. The van der Waals surface area contributed by atoms with Crippen molar-refractivity contribution in [2.75, 3.05) is 7.11 Å². The number of carbonyl (C=O) groups excluding carboxylic acids is 2. The van der Waals surface area contributed by atoms with Crippen LogP contribution >= 0.6 is 0 Å². The molecule has 4 rings (SSSR count). The monoisotopic (exact) mass is 389 g/mol. The fourth-order valence-corrected chi connectivity index (χ4v) is 8.13. The average molecular weight is 390 g/mol. The van der Waals surface area contributed by atoms with Gasteiger partial charge in [-0.25, -0.2) is 0 Å². The molecule has 4 nitrogen and oxygen atoms in total. The third-order valence-electron chi connectivity index (χ3n) is 10.0. The molecule has 0 saturated heterocycles. The van der Waals surface area contributed by atoms with E-state index in [1.807, 2.05) is 0 Å². The summed E-state index contributed by atoms with van der Waals surface area (Å²) >= 11 is 0. The SMILES string of the molecule is COC(=O)CC(=O)N[C@@H]1CC[C@@]2(C)[C@H](CC[C@@H]3[C@@H]2CC[C@]2(C)[C@@H](C)CC[C@@H]32)C1. The molecule has 28 heavy (non-hydrogen) atoms. The molecule has 0 heterocycles. The molecule has 158 valence electrons. The molecule has 1 N–H and O–H groups in total. The van der Waals surface area contributed by atoms with Gasteiger partial charge in [-0.1, -0.05) is 20.8 Å². The van der Waals surface area contributed by atoms with Gasteiger partial charge in [-0.05, 0) is 98.2 Å². The van der Waals surface area contributed by atoms with Crippen LogP contribution in [0.4, 0.5) is 0 Å². The van der Waals surface area contributed by atoms with Crippen molar-refractivity contribution in [2.45, 2.75) is 91.0 Å². The average Bonchev–Trinajstić information content (AvgIpc) is 2.97. The van der Waals surface area contributed by atoms with Gasteiger partial charge in [0.15, 0.2) is 0 Å². The van der Waals surface area contributed by atoms with Crippen molar-refractivity contribution in [1.82, 2.24) is 5.32 Å². The standard InChI is InChI=1S/C24H39NO3/c1-15-5-8-19-18-7-6-16-13-17(25-21(26)14-22(27)28-4)9-11-24(16,3)20(18)10-12-23(15,19)2/h15-20H,5-14H2,1-4H3,(H,25,26)/t15-,16+,17+,18-,19-,20-,23+,24-/m0/s1. The summed E-state index contributed by atoms with van der Waals surface area (Å²) in [4.78, 5) is 23.5. The highest BCUT2D eigenvalue weighted by molar-refractivity contribution is 5.94. The summed E-state index contributed by atoms with van der Waals surface area (Å²) in [5.41, 5.74) is 1.03. The third kappa shape index (κ3) is 3.19. The molecular weight excluding hydrogens is 350 g/mol. The normalized spacial score (nSPS) is 47.4. The zero-order valence-electron chi connectivity index (χ0n) is 18.3. The molecule has 4 saturated carbocycles. The number of esters is 1. The van der Waals surface area contributed by atoms with Gasteiger partial charge < -0.3 is 10.1 Å². The van der Waals surface area contributed by atoms with Crippen molar-refractivity contribution >= 4 is 11.9 Å². The van der Waals surface area contributed by atoms with Gasteiger partial charge in [0.25, 0.3) is 0 Å². The summed E-state index contributed by atoms with van der Waals surface area (Å²) in [7, 11) is 1.33. The number of ether oxygens (including phenoxy) is 1. The Labute approximate surface area is 170 Å². The van der Waals surface area contributed by atoms with Crippen LogP contribution in [0.15, 0.2) is 0 Å². The Morgan fingerprint density at radius 3 is 2.43 bits per heavy atom. The lowest BCUT2D eigenvalue weighted by Gasteiger charge is -2.61. The van der Waals surface area contributed by atoms with E-state index in [-0.39, 0.29) is 18.4 Å². The van der Waals surface area contributed by atoms with Crippen LogP contribution in [0.3, 0.4) is 0 Å². The largest absolute Gasteiger partial charge is 0.469 e. The van der Waals surface area contributed by atoms with Crippen LogP contribution in [0, 0.1) is 40.4 Å². The minimum atomic E-state index is -0.449. The van der Waals surface area contributed by atoms with Crippen LogP contribution in [0.1, 0.15) is 85.0 Å². The van der Waals surface area contributed by atoms with Crippen molar-refractivity contribution in [1.29, 1.82) is 0 Å². The van der Waals surface area contributed by atoms with Crippen LogP contribution in [0.5, 0.6) is 0 Å². The number of hydrogen-bond acceptors (Lipinski definition) is 3. The Hall–Kier alpha value is -1.06.